The smallest absolute Gasteiger partial charge is 0.270 e. The standard InChI is InChI=1S/C19H25N3O2/c1-13-10-14(2)18(20-11-13)19(23)21-12-16(22-8-4-5-9-22)17-7-6-15(3)24-17/h6-7,10-11,16H,4-5,8-9,12H2,1-3H3,(H,21,23)/t16-/m0/s1. The molecule has 5 nitrogen and oxygen atoms in total. The van der Waals surface area contributed by atoms with Gasteiger partial charge in [-0.3, -0.25) is 14.7 Å². The highest BCUT2D eigenvalue weighted by molar-refractivity contribution is 5.93. The molecule has 0 aliphatic carbocycles. The average Bonchev–Trinajstić information content (AvgIpc) is 3.19. The molecule has 1 N–H and O–H groups in total. The molecule has 1 fully saturated rings. The molecule has 128 valence electrons. The average molecular weight is 327 g/mol. The summed E-state index contributed by atoms with van der Waals surface area (Å²) >= 11 is 0. The summed E-state index contributed by atoms with van der Waals surface area (Å²) in [5.41, 5.74) is 2.46. The summed E-state index contributed by atoms with van der Waals surface area (Å²) in [7, 11) is 0. The van der Waals surface area contributed by atoms with Gasteiger partial charge in [0.2, 0.25) is 0 Å². The minimum absolute atomic E-state index is 0.0795. The van der Waals surface area contributed by atoms with Crippen molar-refractivity contribution < 1.29 is 9.21 Å². The van der Waals surface area contributed by atoms with Gasteiger partial charge in [-0.25, -0.2) is 0 Å². The highest BCUT2D eigenvalue weighted by Gasteiger charge is 2.26. The molecule has 3 rings (SSSR count). The summed E-state index contributed by atoms with van der Waals surface area (Å²) < 4.78 is 5.83. The Kier molecular flexibility index (Phi) is 5.00. The van der Waals surface area contributed by atoms with Crippen LogP contribution in [0.25, 0.3) is 0 Å². The third-order valence-corrected chi connectivity index (χ3v) is 4.56. The first-order chi connectivity index (χ1) is 11.5. The number of hydrogen-bond donors (Lipinski definition) is 1. The Bertz CT molecular complexity index is 717. The van der Waals surface area contributed by atoms with E-state index in [2.05, 4.69) is 15.2 Å². The van der Waals surface area contributed by atoms with Crippen LogP contribution in [0, 0.1) is 20.8 Å². The fourth-order valence-corrected chi connectivity index (χ4v) is 3.32. The molecule has 5 heteroatoms. The highest BCUT2D eigenvalue weighted by atomic mass is 16.3. The number of pyridine rings is 1. The van der Waals surface area contributed by atoms with Gasteiger partial charge in [-0.1, -0.05) is 6.07 Å². The molecule has 0 radical (unpaired) electrons. The van der Waals surface area contributed by atoms with Gasteiger partial charge in [0.25, 0.3) is 5.91 Å². The Morgan fingerprint density at radius 1 is 1.29 bits per heavy atom. The fourth-order valence-electron chi connectivity index (χ4n) is 3.32. The summed E-state index contributed by atoms with van der Waals surface area (Å²) in [6, 6.07) is 6.05. The molecular weight excluding hydrogens is 302 g/mol. The maximum absolute atomic E-state index is 12.5. The number of carbonyl (C=O) groups is 1. The molecule has 1 atom stereocenters. The van der Waals surface area contributed by atoms with Crippen molar-refractivity contribution in [3.05, 3.63) is 52.7 Å². The van der Waals surface area contributed by atoms with Crippen molar-refractivity contribution >= 4 is 5.91 Å². The Morgan fingerprint density at radius 2 is 2.04 bits per heavy atom. The molecule has 1 amide bonds. The summed E-state index contributed by atoms with van der Waals surface area (Å²) in [6.45, 7) is 8.46. The van der Waals surface area contributed by atoms with Crippen LogP contribution in [0.4, 0.5) is 0 Å². The predicted molar refractivity (Wildman–Crippen MR) is 93.0 cm³/mol. The van der Waals surface area contributed by atoms with Crippen molar-refractivity contribution in [2.75, 3.05) is 19.6 Å². The second-order valence-electron chi connectivity index (χ2n) is 6.60. The van der Waals surface area contributed by atoms with Crippen LogP contribution in [0.5, 0.6) is 0 Å². The number of hydrogen-bond acceptors (Lipinski definition) is 4. The maximum Gasteiger partial charge on any atom is 0.270 e. The molecule has 24 heavy (non-hydrogen) atoms. The van der Waals surface area contributed by atoms with Crippen LogP contribution >= 0.6 is 0 Å². The Hall–Kier alpha value is -2.14. The van der Waals surface area contributed by atoms with Gasteiger partial charge in [-0.15, -0.1) is 0 Å². The normalized spacial score (nSPS) is 16.3. The van der Waals surface area contributed by atoms with Gasteiger partial charge in [0, 0.05) is 12.7 Å². The lowest BCUT2D eigenvalue weighted by Crippen LogP contribution is -2.37. The largest absolute Gasteiger partial charge is 0.465 e. The highest BCUT2D eigenvalue weighted by Crippen LogP contribution is 2.26. The number of aromatic nitrogens is 1. The summed E-state index contributed by atoms with van der Waals surface area (Å²) in [4.78, 5) is 19.2. The van der Waals surface area contributed by atoms with E-state index in [1.807, 2.05) is 39.0 Å². The van der Waals surface area contributed by atoms with Crippen molar-refractivity contribution in [3.63, 3.8) is 0 Å². The third-order valence-electron chi connectivity index (χ3n) is 4.56. The molecule has 2 aromatic rings. The van der Waals surface area contributed by atoms with Crippen LogP contribution in [0.1, 0.15) is 52.0 Å². The first-order valence-corrected chi connectivity index (χ1v) is 8.56. The molecule has 1 aliphatic rings. The van der Waals surface area contributed by atoms with Gasteiger partial charge >= 0.3 is 0 Å². The van der Waals surface area contributed by atoms with Crippen molar-refractivity contribution in [1.82, 2.24) is 15.2 Å². The first-order valence-electron chi connectivity index (χ1n) is 8.56. The first kappa shape index (κ1) is 16.7. The van der Waals surface area contributed by atoms with E-state index in [0.29, 0.717) is 12.2 Å². The monoisotopic (exact) mass is 327 g/mol. The minimum atomic E-state index is -0.125. The predicted octanol–water partition coefficient (Wildman–Crippen LogP) is 3.17. The summed E-state index contributed by atoms with van der Waals surface area (Å²) in [5, 5.41) is 3.04. The number of nitrogens with zero attached hydrogens (tertiary/aromatic N) is 2. The van der Waals surface area contributed by atoms with Crippen molar-refractivity contribution in [3.8, 4) is 0 Å². The van der Waals surface area contributed by atoms with Gasteiger partial charge in [0.05, 0.1) is 6.04 Å². The van der Waals surface area contributed by atoms with Crippen LogP contribution in [0.2, 0.25) is 0 Å². The molecule has 2 aromatic heterocycles. The molecule has 0 bridgehead atoms. The quantitative estimate of drug-likeness (QED) is 0.916. The Morgan fingerprint density at radius 3 is 2.67 bits per heavy atom. The molecule has 0 unspecified atom stereocenters. The summed E-state index contributed by atoms with van der Waals surface area (Å²) in [6.07, 6.45) is 4.13. The van der Waals surface area contributed by atoms with Crippen molar-refractivity contribution in [2.24, 2.45) is 0 Å². The number of likely N-dealkylation sites (tertiary alicyclic amines) is 1. The Labute approximate surface area is 143 Å². The molecule has 0 spiro atoms. The van der Waals surface area contributed by atoms with Gasteiger partial charge in [0.15, 0.2) is 0 Å². The van der Waals surface area contributed by atoms with E-state index in [9.17, 15) is 4.79 Å². The SMILES string of the molecule is Cc1cnc(C(=O)NC[C@@H](c2ccc(C)o2)N2CCCC2)c(C)c1. The van der Waals surface area contributed by atoms with Crippen LogP contribution in [-0.2, 0) is 0 Å². The van der Waals surface area contributed by atoms with Crippen LogP contribution in [-0.4, -0.2) is 35.4 Å². The third kappa shape index (κ3) is 3.67. The zero-order chi connectivity index (χ0) is 17.1. The van der Waals surface area contributed by atoms with Gasteiger partial charge in [-0.2, -0.15) is 0 Å². The topological polar surface area (TPSA) is 58.4 Å². The second kappa shape index (κ2) is 7.18. The molecule has 3 heterocycles. The lowest BCUT2D eigenvalue weighted by atomic mass is 10.1. The number of amides is 1. The van der Waals surface area contributed by atoms with E-state index in [0.717, 1.165) is 35.7 Å². The minimum Gasteiger partial charge on any atom is -0.465 e. The lowest BCUT2D eigenvalue weighted by molar-refractivity contribution is 0.0928. The van der Waals surface area contributed by atoms with Crippen LogP contribution in [0.3, 0.4) is 0 Å². The second-order valence-corrected chi connectivity index (χ2v) is 6.60. The number of carbonyl (C=O) groups excluding carboxylic acids is 1. The maximum atomic E-state index is 12.5. The van der Waals surface area contributed by atoms with Crippen LogP contribution in [0.15, 0.2) is 28.8 Å². The molecule has 1 saturated heterocycles. The van der Waals surface area contributed by atoms with Crippen LogP contribution < -0.4 is 5.32 Å². The van der Waals surface area contributed by atoms with E-state index in [1.54, 1.807) is 6.20 Å². The number of furan rings is 1. The van der Waals surface area contributed by atoms with E-state index in [-0.39, 0.29) is 11.9 Å². The van der Waals surface area contributed by atoms with E-state index in [1.165, 1.54) is 12.8 Å². The zero-order valence-corrected chi connectivity index (χ0v) is 14.6. The van der Waals surface area contributed by atoms with E-state index < -0.39 is 0 Å². The Balaban J connectivity index is 1.72. The van der Waals surface area contributed by atoms with Gasteiger partial charge in [-0.05, 0) is 70.0 Å². The van der Waals surface area contributed by atoms with Crippen molar-refractivity contribution in [2.45, 2.75) is 39.7 Å². The lowest BCUT2D eigenvalue weighted by Gasteiger charge is -2.26. The number of nitrogens with one attached hydrogen (secondary N) is 1. The zero-order valence-electron chi connectivity index (χ0n) is 14.6. The van der Waals surface area contributed by atoms with Crippen molar-refractivity contribution in [1.29, 1.82) is 0 Å². The van der Waals surface area contributed by atoms with Gasteiger partial charge < -0.3 is 9.73 Å². The molecule has 0 saturated carbocycles. The summed E-state index contributed by atoms with van der Waals surface area (Å²) in [5.74, 6) is 1.69. The van der Waals surface area contributed by atoms with E-state index in [4.69, 9.17) is 4.42 Å². The number of aryl methyl sites for hydroxylation is 3. The fraction of sp³-hybridized carbons (Fsp3) is 0.474. The van der Waals surface area contributed by atoms with Gasteiger partial charge in [0.1, 0.15) is 17.2 Å². The number of rotatable bonds is 5. The molecule has 0 aromatic carbocycles. The van der Waals surface area contributed by atoms with E-state index >= 15 is 0 Å². The molecule has 1 aliphatic heterocycles. The molecular formula is C19H25N3O2.